The van der Waals surface area contributed by atoms with Crippen LogP contribution in [0.1, 0.15) is 5.56 Å². The number of nitrogens with zero attached hydrogens (tertiary/aromatic N) is 2. The first-order valence-corrected chi connectivity index (χ1v) is 5.91. The molecule has 1 aromatic heterocycles. The largest absolute Gasteiger partial charge is 0.395 e. The number of aromatic nitrogens is 1. The van der Waals surface area contributed by atoms with Crippen molar-refractivity contribution in [1.29, 1.82) is 0 Å². The Kier molecular flexibility index (Phi) is 3.94. The van der Waals surface area contributed by atoms with Crippen molar-refractivity contribution in [3.8, 4) is 0 Å². The van der Waals surface area contributed by atoms with Crippen molar-refractivity contribution in [2.45, 2.75) is 6.54 Å². The summed E-state index contributed by atoms with van der Waals surface area (Å²) in [5.74, 6) is 0. The van der Waals surface area contributed by atoms with Gasteiger partial charge in [0.05, 0.1) is 12.1 Å². The Hall–Kier alpha value is -1.16. The molecule has 3 nitrogen and oxygen atoms in total. The summed E-state index contributed by atoms with van der Waals surface area (Å²) in [6, 6.07) is 7.81. The van der Waals surface area contributed by atoms with Crippen molar-refractivity contribution in [3.05, 3.63) is 41.0 Å². The number of likely N-dealkylation sites (N-methyl/N-ethyl adjacent to an activating group) is 1. The topological polar surface area (TPSA) is 36.4 Å². The Morgan fingerprint density at radius 3 is 2.94 bits per heavy atom. The third-order valence-corrected chi connectivity index (χ3v) is 3.09. The van der Waals surface area contributed by atoms with E-state index in [9.17, 15) is 0 Å². The fraction of sp³-hybridized carbons (Fsp3) is 0.308. The molecule has 17 heavy (non-hydrogen) atoms. The van der Waals surface area contributed by atoms with Gasteiger partial charge < -0.3 is 5.11 Å². The van der Waals surface area contributed by atoms with E-state index in [1.807, 2.05) is 36.2 Å². The molecule has 1 heterocycles. The van der Waals surface area contributed by atoms with Gasteiger partial charge in [0.2, 0.25) is 0 Å². The number of benzene rings is 1. The maximum Gasteiger partial charge on any atom is 0.0761 e. The lowest BCUT2D eigenvalue weighted by molar-refractivity contribution is 0.217. The fourth-order valence-corrected chi connectivity index (χ4v) is 2.06. The highest BCUT2D eigenvalue weighted by atomic mass is 35.5. The summed E-state index contributed by atoms with van der Waals surface area (Å²) in [6.07, 6.45) is 1.77. The van der Waals surface area contributed by atoms with Crippen molar-refractivity contribution >= 4 is 22.5 Å². The van der Waals surface area contributed by atoms with Crippen LogP contribution < -0.4 is 0 Å². The lowest BCUT2D eigenvalue weighted by Crippen LogP contribution is -2.21. The maximum absolute atomic E-state index is 8.91. The molecule has 0 saturated carbocycles. The molecule has 0 saturated heterocycles. The van der Waals surface area contributed by atoms with Crippen LogP contribution in [0, 0.1) is 0 Å². The highest BCUT2D eigenvalue weighted by molar-refractivity contribution is 6.32. The van der Waals surface area contributed by atoms with E-state index in [0.717, 1.165) is 21.5 Å². The first kappa shape index (κ1) is 12.3. The molecule has 0 radical (unpaired) electrons. The Labute approximate surface area is 106 Å². The molecule has 0 atom stereocenters. The van der Waals surface area contributed by atoms with Crippen LogP contribution in [0.15, 0.2) is 30.5 Å². The second-order valence-corrected chi connectivity index (χ2v) is 4.47. The van der Waals surface area contributed by atoms with Crippen LogP contribution >= 0.6 is 11.6 Å². The molecule has 2 rings (SSSR count). The van der Waals surface area contributed by atoms with E-state index in [2.05, 4.69) is 4.98 Å². The van der Waals surface area contributed by atoms with Crippen molar-refractivity contribution in [1.82, 2.24) is 9.88 Å². The van der Waals surface area contributed by atoms with Gasteiger partial charge in [-0.2, -0.15) is 0 Å². The van der Waals surface area contributed by atoms with E-state index in [1.54, 1.807) is 6.20 Å². The fourth-order valence-electron chi connectivity index (χ4n) is 1.85. The lowest BCUT2D eigenvalue weighted by atomic mass is 10.1. The van der Waals surface area contributed by atoms with E-state index in [0.29, 0.717) is 13.1 Å². The van der Waals surface area contributed by atoms with Gasteiger partial charge in [0.25, 0.3) is 0 Å². The van der Waals surface area contributed by atoms with E-state index < -0.39 is 0 Å². The molecule has 4 heteroatoms. The van der Waals surface area contributed by atoms with Gasteiger partial charge in [0.15, 0.2) is 0 Å². The standard InChI is InChI=1S/C13H15ClN2O/c1-16(7-8-17)9-11-12(14)5-4-10-3-2-6-15-13(10)11/h2-6,17H,7-9H2,1H3. The minimum absolute atomic E-state index is 0.145. The minimum atomic E-state index is 0.145. The number of aliphatic hydroxyl groups is 1. The van der Waals surface area contributed by atoms with Crippen LogP contribution in [0.25, 0.3) is 10.9 Å². The normalized spacial score (nSPS) is 11.3. The number of aliphatic hydroxyl groups excluding tert-OH is 1. The van der Waals surface area contributed by atoms with Crippen LogP contribution in [-0.4, -0.2) is 35.2 Å². The smallest absolute Gasteiger partial charge is 0.0761 e. The van der Waals surface area contributed by atoms with Crippen LogP contribution in [0.5, 0.6) is 0 Å². The van der Waals surface area contributed by atoms with Crippen LogP contribution in [0.4, 0.5) is 0 Å². The van der Waals surface area contributed by atoms with Crippen molar-refractivity contribution in [2.24, 2.45) is 0 Å². The third-order valence-electron chi connectivity index (χ3n) is 2.73. The molecular formula is C13H15ClN2O. The van der Waals surface area contributed by atoms with E-state index in [-0.39, 0.29) is 6.61 Å². The molecule has 0 fully saturated rings. The van der Waals surface area contributed by atoms with Crippen molar-refractivity contribution in [3.63, 3.8) is 0 Å². The molecular weight excluding hydrogens is 236 g/mol. The quantitative estimate of drug-likeness (QED) is 0.905. The van der Waals surface area contributed by atoms with Crippen molar-refractivity contribution < 1.29 is 5.11 Å². The molecule has 1 aromatic carbocycles. The summed E-state index contributed by atoms with van der Waals surface area (Å²) in [6.45, 7) is 1.46. The average Bonchev–Trinajstić information content (AvgIpc) is 2.33. The number of fused-ring (bicyclic) bond motifs is 1. The monoisotopic (exact) mass is 250 g/mol. The van der Waals surface area contributed by atoms with Crippen LogP contribution in [-0.2, 0) is 6.54 Å². The Bertz CT molecular complexity index is 516. The second-order valence-electron chi connectivity index (χ2n) is 4.06. The average molecular weight is 251 g/mol. The lowest BCUT2D eigenvalue weighted by Gasteiger charge is -2.17. The highest BCUT2D eigenvalue weighted by Gasteiger charge is 2.09. The highest BCUT2D eigenvalue weighted by Crippen LogP contribution is 2.25. The minimum Gasteiger partial charge on any atom is -0.395 e. The molecule has 2 aromatic rings. The molecule has 0 spiro atoms. The summed E-state index contributed by atoms with van der Waals surface area (Å²) in [5.41, 5.74) is 1.95. The number of pyridine rings is 1. The Morgan fingerprint density at radius 1 is 1.35 bits per heavy atom. The van der Waals surface area contributed by atoms with Crippen LogP contribution in [0.3, 0.4) is 0 Å². The molecule has 0 aliphatic carbocycles. The number of hydrogen-bond acceptors (Lipinski definition) is 3. The van der Waals surface area contributed by atoms with Gasteiger partial charge in [-0.05, 0) is 19.2 Å². The summed E-state index contributed by atoms with van der Waals surface area (Å²) < 4.78 is 0. The van der Waals surface area contributed by atoms with E-state index in [1.165, 1.54) is 0 Å². The molecule has 0 aliphatic rings. The molecule has 0 amide bonds. The van der Waals surface area contributed by atoms with Gasteiger partial charge in [-0.1, -0.05) is 23.7 Å². The van der Waals surface area contributed by atoms with Gasteiger partial charge in [0.1, 0.15) is 0 Å². The van der Waals surface area contributed by atoms with Gasteiger partial charge in [-0.25, -0.2) is 0 Å². The zero-order valence-corrected chi connectivity index (χ0v) is 10.5. The van der Waals surface area contributed by atoms with Gasteiger partial charge >= 0.3 is 0 Å². The summed E-state index contributed by atoms with van der Waals surface area (Å²) in [4.78, 5) is 6.40. The summed E-state index contributed by atoms with van der Waals surface area (Å²) >= 11 is 6.22. The zero-order chi connectivity index (χ0) is 12.3. The summed E-state index contributed by atoms with van der Waals surface area (Å²) in [7, 11) is 1.95. The first-order valence-electron chi connectivity index (χ1n) is 5.54. The summed E-state index contributed by atoms with van der Waals surface area (Å²) in [5, 5.41) is 10.7. The Balaban J connectivity index is 2.40. The Morgan fingerprint density at radius 2 is 2.18 bits per heavy atom. The predicted octanol–water partition coefficient (Wildman–Crippen LogP) is 2.31. The zero-order valence-electron chi connectivity index (χ0n) is 9.73. The van der Waals surface area contributed by atoms with E-state index in [4.69, 9.17) is 16.7 Å². The van der Waals surface area contributed by atoms with Gasteiger partial charge in [0, 0.05) is 35.3 Å². The second kappa shape index (κ2) is 5.45. The molecule has 0 bridgehead atoms. The predicted molar refractivity (Wildman–Crippen MR) is 70.2 cm³/mol. The number of hydrogen-bond donors (Lipinski definition) is 1. The van der Waals surface area contributed by atoms with Crippen molar-refractivity contribution in [2.75, 3.05) is 20.2 Å². The van der Waals surface area contributed by atoms with E-state index >= 15 is 0 Å². The molecule has 0 unspecified atom stereocenters. The molecule has 0 aliphatic heterocycles. The first-order chi connectivity index (χ1) is 8.22. The molecule has 90 valence electrons. The van der Waals surface area contributed by atoms with Gasteiger partial charge in [-0.15, -0.1) is 0 Å². The molecule has 1 N–H and O–H groups in total. The van der Waals surface area contributed by atoms with Crippen LogP contribution in [0.2, 0.25) is 5.02 Å². The number of halogens is 1. The van der Waals surface area contributed by atoms with Gasteiger partial charge in [-0.3, -0.25) is 9.88 Å². The SMILES string of the molecule is CN(CCO)Cc1c(Cl)ccc2cccnc12. The number of rotatable bonds is 4. The maximum atomic E-state index is 8.91. The third kappa shape index (κ3) is 2.75.